The van der Waals surface area contributed by atoms with Crippen LogP contribution < -0.4 is 5.73 Å². The van der Waals surface area contributed by atoms with E-state index in [1.807, 2.05) is 18.7 Å². The van der Waals surface area contributed by atoms with Crippen LogP contribution >= 0.6 is 15.9 Å². The van der Waals surface area contributed by atoms with Crippen molar-refractivity contribution in [2.24, 2.45) is 19.8 Å². The molecular formula is C9H12BrN5. The normalized spacial score (nSPS) is 13.1. The van der Waals surface area contributed by atoms with Crippen LogP contribution in [-0.4, -0.2) is 19.3 Å². The fourth-order valence-corrected chi connectivity index (χ4v) is 2.17. The van der Waals surface area contributed by atoms with Gasteiger partial charge in [-0.05, 0) is 15.9 Å². The van der Waals surface area contributed by atoms with E-state index in [-0.39, 0.29) is 6.04 Å². The molecule has 2 rings (SSSR count). The Labute approximate surface area is 96.0 Å². The van der Waals surface area contributed by atoms with Crippen molar-refractivity contribution >= 4 is 15.9 Å². The highest BCUT2D eigenvalue weighted by Gasteiger charge is 2.18. The molecule has 5 nitrogen and oxygen atoms in total. The maximum Gasteiger partial charge on any atom is 0.0946 e. The van der Waals surface area contributed by atoms with Gasteiger partial charge in [-0.2, -0.15) is 5.10 Å². The SMILES string of the molecule is Cn1cncc1C(N)c1c(Br)cnn1C. The molecule has 0 amide bonds. The Balaban J connectivity index is 2.45. The molecule has 0 aliphatic rings. The Morgan fingerprint density at radius 1 is 1.40 bits per heavy atom. The lowest BCUT2D eigenvalue weighted by atomic mass is 10.1. The summed E-state index contributed by atoms with van der Waals surface area (Å²) in [5.41, 5.74) is 8.06. The van der Waals surface area contributed by atoms with E-state index in [4.69, 9.17) is 5.73 Å². The molecule has 0 radical (unpaired) electrons. The summed E-state index contributed by atoms with van der Waals surface area (Å²) >= 11 is 3.43. The summed E-state index contributed by atoms with van der Waals surface area (Å²) in [7, 11) is 3.79. The molecular weight excluding hydrogens is 258 g/mol. The van der Waals surface area contributed by atoms with Gasteiger partial charge in [0.05, 0.1) is 40.6 Å². The van der Waals surface area contributed by atoms with Crippen LogP contribution in [0, 0.1) is 0 Å². The van der Waals surface area contributed by atoms with Gasteiger partial charge in [-0.15, -0.1) is 0 Å². The van der Waals surface area contributed by atoms with Crippen molar-refractivity contribution in [1.29, 1.82) is 0 Å². The van der Waals surface area contributed by atoms with Crippen molar-refractivity contribution in [3.05, 3.63) is 34.6 Å². The predicted octanol–water partition coefficient (Wildman–Crippen LogP) is 0.964. The van der Waals surface area contributed by atoms with E-state index in [0.717, 1.165) is 15.9 Å². The van der Waals surface area contributed by atoms with Crippen LogP contribution in [-0.2, 0) is 14.1 Å². The number of hydrogen-bond acceptors (Lipinski definition) is 3. The second-order valence-electron chi connectivity index (χ2n) is 3.41. The van der Waals surface area contributed by atoms with Crippen LogP contribution in [0.5, 0.6) is 0 Å². The third-order valence-electron chi connectivity index (χ3n) is 2.40. The van der Waals surface area contributed by atoms with Gasteiger partial charge < -0.3 is 10.3 Å². The molecule has 0 saturated carbocycles. The van der Waals surface area contributed by atoms with Crippen molar-refractivity contribution in [2.45, 2.75) is 6.04 Å². The topological polar surface area (TPSA) is 61.7 Å². The molecule has 2 aromatic rings. The molecule has 0 saturated heterocycles. The van der Waals surface area contributed by atoms with E-state index in [0.29, 0.717) is 0 Å². The van der Waals surface area contributed by atoms with Gasteiger partial charge in [0.1, 0.15) is 0 Å². The Bertz CT molecular complexity index is 453. The standard InChI is InChI=1S/C9H12BrN5/c1-14-5-12-4-7(14)8(11)9-6(10)3-13-15(9)2/h3-5,8H,11H2,1-2H3. The molecule has 0 aliphatic heterocycles. The first-order valence-corrected chi connectivity index (χ1v) is 5.29. The number of aryl methyl sites for hydroxylation is 2. The molecule has 80 valence electrons. The van der Waals surface area contributed by atoms with Gasteiger partial charge >= 0.3 is 0 Å². The minimum Gasteiger partial charge on any atom is -0.336 e. The largest absolute Gasteiger partial charge is 0.336 e. The zero-order chi connectivity index (χ0) is 11.0. The molecule has 15 heavy (non-hydrogen) atoms. The molecule has 0 aliphatic carbocycles. The maximum absolute atomic E-state index is 6.16. The molecule has 0 aromatic carbocycles. The molecule has 0 spiro atoms. The number of nitrogens with zero attached hydrogens (tertiary/aromatic N) is 4. The summed E-state index contributed by atoms with van der Waals surface area (Å²) in [4.78, 5) is 4.05. The van der Waals surface area contributed by atoms with Crippen LogP contribution in [0.1, 0.15) is 17.4 Å². The predicted molar refractivity (Wildman–Crippen MR) is 60.1 cm³/mol. The number of rotatable bonds is 2. The maximum atomic E-state index is 6.16. The lowest BCUT2D eigenvalue weighted by Crippen LogP contribution is -2.19. The number of halogens is 1. The van der Waals surface area contributed by atoms with Crippen LogP contribution in [0.3, 0.4) is 0 Å². The van der Waals surface area contributed by atoms with Crippen molar-refractivity contribution in [2.75, 3.05) is 0 Å². The molecule has 6 heteroatoms. The summed E-state index contributed by atoms with van der Waals surface area (Å²) in [6.45, 7) is 0. The van der Waals surface area contributed by atoms with Gasteiger partial charge in [-0.3, -0.25) is 4.68 Å². The van der Waals surface area contributed by atoms with E-state index in [9.17, 15) is 0 Å². The van der Waals surface area contributed by atoms with Crippen LogP contribution in [0.25, 0.3) is 0 Å². The minimum absolute atomic E-state index is 0.223. The molecule has 1 atom stereocenters. The quantitative estimate of drug-likeness (QED) is 0.884. The first kappa shape index (κ1) is 10.4. The van der Waals surface area contributed by atoms with Gasteiger partial charge in [0, 0.05) is 14.1 Å². The summed E-state index contributed by atoms with van der Waals surface area (Å²) in [6, 6.07) is -0.223. The summed E-state index contributed by atoms with van der Waals surface area (Å²) in [5.74, 6) is 0. The van der Waals surface area contributed by atoms with Crippen LogP contribution in [0.15, 0.2) is 23.2 Å². The Hall–Kier alpha value is -1.14. The number of nitrogens with two attached hydrogens (primary N) is 1. The highest BCUT2D eigenvalue weighted by molar-refractivity contribution is 9.10. The molecule has 2 heterocycles. The van der Waals surface area contributed by atoms with Crippen molar-refractivity contribution in [3.8, 4) is 0 Å². The fraction of sp³-hybridized carbons (Fsp3) is 0.333. The summed E-state index contributed by atoms with van der Waals surface area (Å²) < 4.78 is 4.59. The van der Waals surface area contributed by atoms with E-state index in [1.165, 1.54) is 0 Å². The zero-order valence-corrected chi connectivity index (χ0v) is 10.1. The highest BCUT2D eigenvalue weighted by Crippen LogP contribution is 2.25. The second-order valence-corrected chi connectivity index (χ2v) is 4.26. The third kappa shape index (κ3) is 1.70. The van der Waals surface area contributed by atoms with E-state index >= 15 is 0 Å². The van der Waals surface area contributed by atoms with E-state index < -0.39 is 0 Å². The number of aromatic nitrogens is 4. The molecule has 0 bridgehead atoms. The van der Waals surface area contributed by atoms with Crippen LogP contribution in [0.4, 0.5) is 0 Å². The van der Waals surface area contributed by atoms with Gasteiger partial charge in [-0.25, -0.2) is 4.98 Å². The van der Waals surface area contributed by atoms with Gasteiger partial charge in [0.25, 0.3) is 0 Å². The lowest BCUT2D eigenvalue weighted by Gasteiger charge is -2.13. The monoisotopic (exact) mass is 269 g/mol. The van der Waals surface area contributed by atoms with Gasteiger partial charge in [0.2, 0.25) is 0 Å². The van der Waals surface area contributed by atoms with Crippen molar-refractivity contribution < 1.29 is 0 Å². The fourth-order valence-electron chi connectivity index (χ4n) is 1.58. The Kier molecular flexibility index (Phi) is 2.62. The van der Waals surface area contributed by atoms with Crippen molar-refractivity contribution in [3.63, 3.8) is 0 Å². The number of imidazole rings is 1. The van der Waals surface area contributed by atoms with E-state index in [2.05, 4.69) is 26.0 Å². The van der Waals surface area contributed by atoms with Gasteiger partial charge in [-0.1, -0.05) is 0 Å². The highest BCUT2D eigenvalue weighted by atomic mass is 79.9. The minimum atomic E-state index is -0.223. The molecule has 1 unspecified atom stereocenters. The summed E-state index contributed by atoms with van der Waals surface area (Å²) in [5, 5.41) is 4.14. The average Bonchev–Trinajstić information content (AvgIpc) is 2.73. The lowest BCUT2D eigenvalue weighted by molar-refractivity contribution is 0.644. The molecule has 0 fully saturated rings. The van der Waals surface area contributed by atoms with Crippen molar-refractivity contribution in [1.82, 2.24) is 19.3 Å². The third-order valence-corrected chi connectivity index (χ3v) is 3.02. The molecule has 2 aromatic heterocycles. The average molecular weight is 270 g/mol. The Morgan fingerprint density at radius 3 is 2.60 bits per heavy atom. The summed E-state index contributed by atoms with van der Waals surface area (Å²) in [6.07, 6.45) is 5.25. The first-order valence-electron chi connectivity index (χ1n) is 4.50. The first-order chi connectivity index (χ1) is 7.11. The zero-order valence-electron chi connectivity index (χ0n) is 8.55. The van der Waals surface area contributed by atoms with E-state index in [1.54, 1.807) is 23.4 Å². The number of hydrogen-bond donors (Lipinski definition) is 1. The smallest absolute Gasteiger partial charge is 0.0946 e. The Morgan fingerprint density at radius 2 is 2.13 bits per heavy atom. The second kappa shape index (κ2) is 3.79. The van der Waals surface area contributed by atoms with Gasteiger partial charge in [0.15, 0.2) is 0 Å². The molecule has 2 N–H and O–H groups in total. The van der Waals surface area contributed by atoms with Crippen LogP contribution in [0.2, 0.25) is 0 Å².